The highest BCUT2D eigenvalue weighted by Crippen LogP contribution is 2.23. The van der Waals surface area contributed by atoms with Crippen LogP contribution in [0.25, 0.3) is 0 Å². The van der Waals surface area contributed by atoms with E-state index in [2.05, 4.69) is 5.32 Å². The highest BCUT2D eigenvalue weighted by atomic mass is 16.5. The summed E-state index contributed by atoms with van der Waals surface area (Å²) in [5.74, 6) is 0.343. The van der Waals surface area contributed by atoms with Gasteiger partial charge in [0.05, 0.1) is 5.69 Å². The minimum absolute atomic E-state index is 0.0332. The van der Waals surface area contributed by atoms with Gasteiger partial charge in [0, 0.05) is 5.92 Å². The van der Waals surface area contributed by atoms with Gasteiger partial charge in [-0.3, -0.25) is 4.79 Å². The second kappa shape index (κ2) is 5.76. The second-order valence-corrected chi connectivity index (χ2v) is 3.59. The molecule has 0 bridgehead atoms. The Labute approximate surface area is 94.8 Å². The van der Waals surface area contributed by atoms with Crippen LogP contribution >= 0.6 is 0 Å². The number of hydrogen-bond donors (Lipinski definition) is 1. The van der Waals surface area contributed by atoms with Crippen LogP contribution in [0.15, 0.2) is 24.3 Å². The molecule has 84 valence electrons. The zero-order valence-electron chi connectivity index (χ0n) is 9.36. The van der Waals surface area contributed by atoms with Gasteiger partial charge in [-0.25, -0.2) is 0 Å². The van der Waals surface area contributed by atoms with Crippen molar-refractivity contribution in [3.05, 3.63) is 24.3 Å². The van der Waals surface area contributed by atoms with E-state index in [1.165, 1.54) is 0 Å². The van der Waals surface area contributed by atoms with Crippen molar-refractivity contribution in [1.29, 1.82) is 5.26 Å². The molecule has 0 saturated carbocycles. The van der Waals surface area contributed by atoms with Gasteiger partial charge >= 0.3 is 0 Å². The molecule has 0 aliphatic rings. The van der Waals surface area contributed by atoms with Crippen molar-refractivity contribution in [3.63, 3.8) is 0 Å². The van der Waals surface area contributed by atoms with Gasteiger partial charge in [-0.15, -0.1) is 0 Å². The SMILES string of the molecule is CC(C)C(=O)Nc1ccccc1OCC#N. The minimum Gasteiger partial charge on any atom is -0.477 e. The molecular formula is C12H14N2O2. The first-order valence-corrected chi connectivity index (χ1v) is 5.04. The summed E-state index contributed by atoms with van der Waals surface area (Å²) >= 11 is 0. The normalized spacial score (nSPS) is 9.62. The van der Waals surface area contributed by atoms with Gasteiger partial charge < -0.3 is 10.1 Å². The molecule has 0 spiro atoms. The molecule has 1 aromatic rings. The van der Waals surface area contributed by atoms with Crippen molar-refractivity contribution in [1.82, 2.24) is 0 Å². The lowest BCUT2D eigenvalue weighted by atomic mass is 10.2. The lowest BCUT2D eigenvalue weighted by Crippen LogP contribution is -2.18. The van der Waals surface area contributed by atoms with Crippen LogP contribution in [-0.4, -0.2) is 12.5 Å². The molecule has 1 amide bonds. The van der Waals surface area contributed by atoms with Gasteiger partial charge in [-0.1, -0.05) is 26.0 Å². The molecule has 0 saturated heterocycles. The summed E-state index contributed by atoms with van der Waals surface area (Å²) in [6.45, 7) is 3.59. The molecular weight excluding hydrogens is 204 g/mol. The van der Waals surface area contributed by atoms with Crippen LogP contribution in [0.1, 0.15) is 13.8 Å². The highest BCUT2D eigenvalue weighted by Gasteiger charge is 2.10. The zero-order valence-corrected chi connectivity index (χ0v) is 9.36. The summed E-state index contributed by atoms with van der Waals surface area (Å²) in [6.07, 6.45) is 0. The van der Waals surface area contributed by atoms with Crippen LogP contribution in [-0.2, 0) is 4.79 Å². The molecule has 1 aromatic carbocycles. The van der Waals surface area contributed by atoms with Crippen LogP contribution in [0.4, 0.5) is 5.69 Å². The van der Waals surface area contributed by atoms with Gasteiger partial charge in [0.25, 0.3) is 0 Å². The Morgan fingerprint density at radius 2 is 2.19 bits per heavy atom. The molecule has 0 aromatic heterocycles. The third-order valence-electron chi connectivity index (χ3n) is 1.96. The van der Waals surface area contributed by atoms with Gasteiger partial charge in [-0.05, 0) is 12.1 Å². The third kappa shape index (κ3) is 3.28. The molecule has 4 heteroatoms. The number of nitriles is 1. The summed E-state index contributed by atoms with van der Waals surface area (Å²) < 4.78 is 5.19. The van der Waals surface area contributed by atoms with Gasteiger partial charge in [-0.2, -0.15) is 5.26 Å². The summed E-state index contributed by atoms with van der Waals surface area (Å²) in [7, 11) is 0. The first kappa shape index (κ1) is 12.1. The Hall–Kier alpha value is -2.02. The third-order valence-corrected chi connectivity index (χ3v) is 1.96. The maximum Gasteiger partial charge on any atom is 0.227 e. The summed E-state index contributed by atoms with van der Waals surface area (Å²) in [4.78, 5) is 11.5. The predicted octanol–water partition coefficient (Wildman–Crippen LogP) is 2.18. The molecule has 0 aliphatic carbocycles. The molecule has 4 nitrogen and oxygen atoms in total. The number of carbonyl (C=O) groups excluding carboxylic acids is 1. The molecule has 0 radical (unpaired) electrons. The van der Waals surface area contributed by atoms with E-state index < -0.39 is 0 Å². The number of rotatable bonds is 4. The molecule has 16 heavy (non-hydrogen) atoms. The fourth-order valence-electron chi connectivity index (χ4n) is 1.08. The minimum atomic E-state index is -0.0935. The number of carbonyl (C=O) groups is 1. The maximum absolute atomic E-state index is 11.5. The smallest absolute Gasteiger partial charge is 0.227 e. The quantitative estimate of drug-likeness (QED) is 0.842. The first-order valence-electron chi connectivity index (χ1n) is 5.04. The summed E-state index contributed by atoms with van der Waals surface area (Å²) in [5, 5.41) is 11.2. The second-order valence-electron chi connectivity index (χ2n) is 3.59. The fourth-order valence-corrected chi connectivity index (χ4v) is 1.08. The Morgan fingerprint density at radius 1 is 1.50 bits per heavy atom. The number of benzene rings is 1. The predicted molar refractivity (Wildman–Crippen MR) is 61.0 cm³/mol. The van der Waals surface area contributed by atoms with E-state index in [9.17, 15) is 4.79 Å². The van der Waals surface area contributed by atoms with Crippen molar-refractivity contribution in [2.45, 2.75) is 13.8 Å². The first-order chi connectivity index (χ1) is 7.65. The number of amides is 1. The van der Waals surface area contributed by atoms with Crippen LogP contribution in [0.3, 0.4) is 0 Å². The summed E-state index contributed by atoms with van der Waals surface area (Å²) in [6, 6.07) is 8.93. The number of ether oxygens (including phenoxy) is 1. The summed E-state index contributed by atoms with van der Waals surface area (Å²) in [5.41, 5.74) is 0.594. The van der Waals surface area contributed by atoms with Crippen molar-refractivity contribution < 1.29 is 9.53 Å². The molecule has 1 rings (SSSR count). The molecule has 0 atom stereocenters. The Balaban J connectivity index is 2.79. The van der Waals surface area contributed by atoms with Crippen molar-refractivity contribution in [3.8, 4) is 11.8 Å². The van der Waals surface area contributed by atoms with Crippen LogP contribution in [0, 0.1) is 17.2 Å². The average molecular weight is 218 g/mol. The molecule has 0 aliphatic heterocycles. The van der Waals surface area contributed by atoms with Crippen LogP contribution in [0.5, 0.6) is 5.75 Å². The van der Waals surface area contributed by atoms with E-state index in [0.717, 1.165) is 0 Å². The fraction of sp³-hybridized carbons (Fsp3) is 0.333. The van der Waals surface area contributed by atoms with Crippen LogP contribution in [0.2, 0.25) is 0 Å². The Morgan fingerprint density at radius 3 is 2.81 bits per heavy atom. The number of para-hydroxylation sites is 2. The zero-order chi connectivity index (χ0) is 12.0. The van der Waals surface area contributed by atoms with Gasteiger partial charge in [0.15, 0.2) is 6.61 Å². The monoisotopic (exact) mass is 218 g/mol. The van der Waals surface area contributed by atoms with Gasteiger partial charge in [0.1, 0.15) is 11.8 Å². The maximum atomic E-state index is 11.5. The molecule has 1 N–H and O–H groups in total. The average Bonchev–Trinajstić information content (AvgIpc) is 2.27. The highest BCUT2D eigenvalue weighted by molar-refractivity contribution is 5.93. The van der Waals surface area contributed by atoms with Crippen molar-refractivity contribution >= 4 is 11.6 Å². The van der Waals surface area contributed by atoms with E-state index in [1.54, 1.807) is 24.3 Å². The van der Waals surface area contributed by atoms with Gasteiger partial charge in [0.2, 0.25) is 5.91 Å². The van der Waals surface area contributed by atoms with E-state index in [0.29, 0.717) is 11.4 Å². The van der Waals surface area contributed by atoms with E-state index in [4.69, 9.17) is 10.00 Å². The van der Waals surface area contributed by atoms with Crippen LogP contribution < -0.4 is 10.1 Å². The lowest BCUT2D eigenvalue weighted by molar-refractivity contribution is -0.118. The number of anilines is 1. The Kier molecular flexibility index (Phi) is 4.34. The van der Waals surface area contributed by atoms with E-state index >= 15 is 0 Å². The number of hydrogen-bond acceptors (Lipinski definition) is 3. The van der Waals surface area contributed by atoms with E-state index in [1.807, 2.05) is 19.9 Å². The topological polar surface area (TPSA) is 62.1 Å². The van der Waals surface area contributed by atoms with E-state index in [-0.39, 0.29) is 18.4 Å². The molecule has 0 unspecified atom stereocenters. The standard InChI is InChI=1S/C12H14N2O2/c1-9(2)12(15)14-10-5-3-4-6-11(10)16-8-7-13/h3-6,9H,8H2,1-2H3,(H,14,15). The molecule has 0 fully saturated rings. The molecule has 0 heterocycles. The van der Waals surface area contributed by atoms with Crippen molar-refractivity contribution in [2.24, 2.45) is 5.92 Å². The number of nitrogens with zero attached hydrogens (tertiary/aromatic N) is 1. The number of nitrogens with one attached hydrogen (secondary N) is 1. The van der Waals surface area contributed by atoms with Crippen molar-refractivity contribution in [2.75, 3.05) is 11.9 Å². The largest absolute Gasteiger partial charge is 0.477 e. The Bertz CT molecular complexity index is 408. The lowest BCUT2D eigenvalue weighted by Gasteiger charge is -2.11.